The van der Waals surface area contributed by atoms with Gasteiger partial charge < -0.3 is 9.52 Å². The van der Waals surface area contributed by atoms with E-state index in [0.717, 1.165) is 0 Å². The molecule has 0 aliphatic heterocycles. The third-order valence-electron chi connectivity index (χ3n) is 1.82. The summed E-state index contributed by atoms with van der Waals surface area (Å²) in [6.07, 6.45) is 0. The van der Waals surface area contributed by atoms with Crippen molar-refractivity contribution in [1.29, 1.82) is 0 Å². The van der Waals surface area contributed by atoms with Gasteiger partial charge in [0.25, 0.3) is 9.05 Å². The maximum absolute atomic E-state index is 11.0. The van der Waals surface area contributed by atoms with Gasteiger partial charge in [-0.3, -0.25) is 0 Å². The van der Waals surface area contributed by atoms with Gasteiger partial charge in [0, 0.05) is 10.7 Å². The van der Waals surface area contributed by atoms with Crippen LogP contribution in [0.2, 0.25) is 0 Å². The lowest BCUT2D eigenvalue weighted by atomic mass is 10.3. The molecule has 7 heteroatoms. The quantitative estimate of drug-likeness (QED) is 0.808. The number of hydrogen-bond acceptors (Lipinski definition) is 5. The molecule has 0 saturated heterocycles. The first-order valence-electron chi connectivity index (χ1n) is 3.96. The summed E-state index contributed by atoms with van der Waals surface area (Å²) in [6, 6.07) is 4.05. The molecule has 0 spiro atoms. The van der Waals surface area contributed by atoms with E-state index >= 15 is 0 Å². The summed E-state index contributed by atoms with van der Waals surface area (Å²) in [4.78, 5) is 3.82. The highest BCUT2D eigenvalue weighted by Crippen LogP contribution is 2.22. The van der Waals surface area contributed by atoms with E-state index in [-0.39, 0.29) is 17.4 Å². The van der Waals surface area contributed by atoms with Crippen LogP contribution < -0.4 is 0 Å². The van der Waals surface area contributed by atoms with E-state index in [4.69, 9.17) is 20.2 Å². The summed E-state index contributed by atoms with van der Waals surface area (Å²) in [5, 5.41) is 8.77. The molecule has 1 heterocycles. The Morgan fingerprint density at radius 2 is 2.20 bits per heavy atom. The van der Waals surface area contributed by atoms with Gasteiger partial charge in [-0.15, -0.1) is 0 Å². The fourth-order valence-electron chi connectivity index (χ4n) is 1.17. The Kier molecular flexibility index (Phi) is 2.41. The molecule has 2 rings (SSSR count). The number of aromatic nitrogens is 1. The van der Waals surface area contributed by atoms with Gasteiger partial charge in [-0.1, -0.05) is 0 Å². The molecule has 0 bridgehead atoms. The molecule has 15 heavy (non-hydrogen) atoms. The van der Waals surface area contributed by atoms with Gasteiger partial charge in [0.15, 0.2) is 5.58 Å². The number of rotatable bonds is 2. The molecule has 80 valence electrons. The second-order valence-corrected chi connectivity index (χ2v) is 5.40. The van der Waals surface area contributed by atoms with Gasteiger partial charge in [-0.2, -0.15) is 0 Å². The van der Waals surface area contributed by atoms with Gasteiger partial charge in [-0.25, -0.2) is 13.4 Å². The van der Waals surface area contributed by atoms with Crippen LogP contribution in [0, 0.1) is 0 Å². The second-order valence-electron chi connectivity index (χ2n) is 2.83. The summed E-state index contributed by atoms with van der Waals surface area (Å²) >= 11 is 0. The third-order valence-corrected chi connectivity index (χ3v) is 3.17. The van der Waals surface area contributed by atoms with Crippen LogP contribution in [-0.2, 0) is 15.7 Å². The Morgan fingerprint density at radius 3 is 2.80 bits per heavy atom. The number of aliphatic hydroxyl groups excluding tert-OH is 1. The molecule has 5 nitrogen and oxygen atoms in total. The maximum atomic E-state index is 11.0. The van der Waals surface area contributed by atoms with E-state index in [1.807, 2.05) is 0 Å². The number of fused-ring (bicyclic) bond motifs is 1. The molecule has 2 aromatic rings. The molecular formula is C8H6ClNO4S. The number of nitrogens with zero attached hydrogens (tertiary/aromatic N) is 1. The fraction of sp³-hybridized carbons (Fsp3) is 0.125. The molecule has 0 fully saturated rings. The molecule has 0 amide bonds. The van der Waals surface area contributed by atoms with Crippen molar-refractivity contribution in [1.82, 2.24) is 4.98 Å². The Bertz CT molecular complexity index is 604. The first-order valence-corrected chi connectivity index (χ1v) is 6.26. The van der Waals surface area contributed by atoms with Gasteiger partial charge in [0.1, 0.15) is 12.1 Å². The SMILES string of the molecule is O=S(=O)(Cl)c1ccc2oc(CO)nc2c1. The molecular weight excluding hydrogens is 242 g/mol. The van der Waals surface area contributed by atoms with E-state index in [1.165, 1.54) is 18.2 Å². The topological polar surface area (TPSA) is 80.4 Å². The van der Waals surface area contributed by atoms with Gasteiger partial charge in [0.05, 0.1) is 4.90 Å². The third kappa shape index (κ3) is 1.97. The summed E-state index contributed by atoms with van der Waals surface area (Å²) in [6.45, 7) is -0.336. The van der Waals surface area contributed by atoms with E-state index in [2.05, 4.69) is 4.98 Å². The normalized spacial score (nSPS) is 12.1. The number of benzene rings is 1. The van der Waals surface area contributed by atoms with Crippen molar-refractivity contribution in [3.05, 3.63) is 24.1 Å². The minimum absolute atomic E-state index is 0.0468. The van der Waals surface area contributed by atoms with Crippen LogP contribution in [0.4, 0.5) is 0 Å². The van der Waals surface area contributed by atoms with Gasteiger partial charge >= 0.3 is 0 Å². The molecule has 0 atom stereocenters. The summed E-state index contributed by atoms with van der Waals surface area (Å²) in [5.41, 5.74) is 0.754. The van der Waals surface area contributed by atoms with E-state index < -0.39 is 9.05 Å². The molecule has 0 aliphatic carbocycles. The van der Waals surface area contributed by atoms with E-state index in [0.29, 0.717) is 11.1 Å². The number of oxazole rings is 1. The Labute approximate surface area is 89.7 Å². The van der Waals surface area contributed by atoms with Gasteiger partial charge in [0.2, 0.25) is 5.89 Å². The average molecular weight is 248 g/mol. The Balaban J connectivity index is 2.66. The van der Waals surface area contributed by atoms with Crippen LogP contribution in [0.1, 0.15) is 5.89 Å². The molecule has 1 N–H and O–H groups in total. The first kappa shape index (κ1) is 10.4. The van der Waals surface area contributed by atoms with Crippen LogP contribution in [0.15, 0.2) is 27.5 Å². The average Bonchev–Trinajstić information content (AvgIpc) is 2.57. The van der Waals surface area contributed by atoms with E-state index in [9.17, 15) is 8.42 Å². The lowest BCUT2D eigenvalue weighted by Gasteiger charge is -1.93. The predicted molar refractivity (Wildman–Crippen MR) is 53.0 cm³/mol. The second kappa shape index (κ2) is 3.48. The minimum atomic E-state index is -3.76. The zero-order chi connectivity index (χ0) is 11.1. The molecule has 0 saturated carbocycles. The van der Waals surface area contributed by atoms with E-state index in [1.54, 1.807) is 0 Å². The van der Waals surface area contributed by atoms with Crippen LogP contribution >= 0.6 is 10.7 Å². The standard InChI is InChI=1S/C8H6ClNO4S/c9-15(12,13)5-1-2-7-6(3-5)10-8(4-11)14-7/h1-3,11H,4H2. The zero-order valence-electron chi connectivity index (χ0n) is 7.34. The summed E-state index contributed by atoms with van der Waals surface area (Å²) in [5.74, 6) is 0.133. The highest BCUT2D eigenvalue weighted by atomic mass is 35.7. The monoisotopic (exact) mass is 247 g/mol. The van der Waals surface area contributed by atoms with Crippen molar-refractivity contribution < 1.29 is 17.9 Å². The molecule has 0 radical (unpaired) electrons. The Hall–Kier alpha value is -1.11. The summed E-state index contributed by atoms with van der Waals surface area (Å²) in [7, 11) is 1.40. The van der Waals surface area contributed by atoms with Crippen molar-refractivity contribution in [2.45, 2.75) is 11.5 Å². The highest BCUT2D eigenvalue weighted by Gasteiger charge is 2.13. The number of aliphatic hydroxyl groups is 1. The lowest BCUT2D eigenvalue weighted by Crippen LogP contribution is -1.89. The zero-order valence-corrected chi connectivity index (χ0v) is 8.92. The maximum Gasteiger partial charge on any atom is 0.261 e. The van der Waals surface area contributed by atoms with Crippen LogP contribution in [0.25, 0.3) is 11.1 Å². The Morgan fingerprint density at radius 1 is 1.47 bits per heavy atom. The van der Waals surface area contributed by atoms with Gasteiger partial charge in [-0.05, 0) is 18.2 Å². The molecule has 1 aromatic carbocycles. The lowest BCUT2D eigenvalue weighted by molar-refractivity contribution is 0.244. The van der Waals surface area contributed by atoms with Crippen LogP contribution in [-0.4, -0.2) is 18.5 Å². The fourth-order valence-corrected chi connectivity index (χ4v) is 1.95. The van der Waals surface area contributed by atoms with Crippen molar-refractivity contribution in [3.8, 4) is 0 Å². The van der Waals surface area contributed by atoms with Crippen molar-refractivity contribution in [3.63, 3.8) is 0 Å². The number of halogens is 1. The molecule has 0 unspecified atom stereocenters. The summed E-state index contributed by atoms with van der Waals surface area (Å²) < 4.78 is 27.1. The minimum Gasteiger partial charge on any atom is -0.438 e. The molecule has 1 aromatic heterocycles. The van der Waals surface area contributed by atoms with Crippen LogP contribution in [0.3, 0.4) is 0 Å². The van der Waals surface area contributed by atoms with Crippen LogP contribution in [0.5, 0.6) is 0 Å². The van der Waals surface area contributed by atoms with Crippen molar-refractivity contribution in [2.75, 3.05) is 0 Å². The van der Waals surface area contributed by atoms with Crippen molar-refractivity contribution >= 4 is 30.8 Å². The molecule has 0 aliphatic rings. The largest absolute Gasteiger partial charge is 0.438 e. The van der Waals surface area contributed by atoms with Crippen molar-refractivity contribution in [2.24, 2.45) is 0 Å². The first-order chi connectivity index (χ1) is 7.00. The smallest absolute Gasteiger partial charge is 0.261 e. The number of hydrogen-bond donors (Lipinski definition) is 1. The predicted octanol–water partition coefficient (Wildman–Crippen LogP) is 1.25. The highest BCUT2D eigenvalue weighted by molar-refractivity contribution is 8.13.